The summed E-state index contributed by atoms with van der Waals surface area (Å²) in [6.45, 7) is 3.05. The molecule has 1 aromatic heterocycles. The van der Waals surface area contributed by atoms with E-state index in [-0.39, 0.29) is 18.3 Å². The summed E-state index contributed by atoms with van der Waals surface area (Å²) in [6.07, 6.45) is 2.02. The summed E-state index contributed by atoms with van der Waals surface area (Å²) in [7, 11) is 0. The quantitative estimate of drug-likeness (QED) is 0.158. The Bertz CT molecular complexity index is 988. The van der Waals surface area contributed by atoms with Crippen molar-refractivity contribution in [1.82, 2.24) is 9.88 Å². The molecule has 7 nitrogen and oxygen atoms in total. The number of carbonyl (C=O) groups is 1. The van der Waals surface area contributed by atoms with Gasteiger partial charge in [0, 0.05) is 33.9 Å². The minimum atomic E-state index is -0.00476. The molecule has 0 saturated carbocycles. The number of fused-ring (bicyclic) bond motifs is 3. The molecule has 0 aliphatic heterocycles. The number of nitrogens with two attached hydrogens (primary N) is 1. The van der Waals surface area contributed by atoms with E-state index in [4.69, 9.17) is 11.3 Å². The van der Waals surface area contributed by atoms with Crippen LogP contribution in [0.25, 0.3) is 21.8 Å². The number of nitrogens with zero attached hydrogens (tertiary/aromatic N) is 3. The number of rotatable bonds is 6. The number of aromatic nitrogens is 1. The van der Waals surface area contributed by atoms with Crippen LogP contribution < -0.4 is 11.2 Å². The lowest BCUT2D eigenvalue weighted by atomic mass is 10.1. The Morgan fingerprint density at radius 2 is 1.96 bits per heavy atom. The van der Waals surface area contributed by atoms with Crippen molar-refractivity contribution < 1.29 is 4.79 Å². The van der Waals surface area contributed by atoms with Gasteiger partial charge < -0.3 is 15.7 Å². The van der Waals surface area contributed by atoms with Gasteiger partial charge in [-0.25, -0.2) is 0 Å². The van der Waals surface area contributed by atoms with E-state index in [0.717, 1.165) is 34.6 Å². The van der Waals surface area contributed by atoms with E-state index in [0.29, 0.717) is 12.1 Å². The maximum absolute atomic E-state index is 12.3. The van der Waals surface area contributed by atoms with Gasteiger partial charge in [-0.1, -0.05) is 36.8 Å². The highest BCUT2D eigenvalue weighted by Crippen LogP contribution is 2.29. The standard InChI is InChI=1S/C19H22N6O/c1-2-3-10-22-18(26)12-25-16-7-5-4-6-14(16)15-11-13(8-9-17(15)25)19(20)23-24-21/h4-9,11H,2-3,10,12H2,1H3,(H,22,26)(H3,20,21,23). The second-order valence-corrected chi connectivity index (χ2v) is 6.10. The fourth-order valence-electron chi connectivity index (χ4n) is 3.09. The van der Waals surface area contributed by atoms with Crippen molar-refractivity contribution in [1.29, 1.82) is 5.41 Å². The monoisotopic (exact) mass is 350 g/mol. The van der Waals surface area contributed by atoms with Crippen LogP contribution in [0.2, 0.25) is 0 Å². The van der Waals surface area contributed by atoms with E-state index in [1.54, 1.807) is 6.07 Å². The zero-order valence-corrected chi connectivity index (χ0v) is 14.7. The van der Waals surface area contributed by atoms with Gasteiger partial charge in [0.15, 0.2) is 5.84 Å². The molecule has 0 spiro atoms. The van der Waals surface area contributed by atoms with Gasteiger partial charge in [0.25, 0.3) is 0 Å². The number of hydrogen-bond acceptors (Lipinski definition) is 3. The highest BCUT2D eigenvalue weighted by molar-refractivity contribution is 6.11. The van der Waals surface area contributed by atoms with Crippen LogP contribution >= 0.6 is 0 Å². The van der Waals surface area contributed by atoms with Crippen LogP contribution in [0, 0.1) is 5.41 Å². The third-order valence-corrected chi connectivity index (χ3v) is 4.36. The Hall–Kier alpha value is -3.22. The predicted molar refractivity (Wildman–Crippen MR) is 103 cm³/mol. The molecule has 2 aromatic carbocycles. The minimum Gasteiger partial charge on any atom is -0.355 e. The number of para-hydroxylation sites is 1. The zero-order valence-electron chi connectivity index (χ0n) is 14.7. The molecule has 26 heavy (non-hydrogen) atoms. The topological polar surface area (TPSA) is 109 Å². The summed E-state index contributed by atoms with van der Waals surface area (Å²) in [5, 5.41) is 19.6. The summed E-state index contributed by atoms with van der Waals surface area (Å²) in [6, 6.07) is 13.5. The molecule has 3 aromatic rings. The molecule has 7 heteroatoms. The Balaban J connectivity index is 2.04. The highest BCUT2D eigenvalue weighted by Gasteiger charge is 2.14. The fourth-order valence-corrected chi connectivity index (χ4v) is 3.09. The van der Waals surface area contributed by atoms with E-state index in [1.807, 2.05) is 41.0 Å². The smallest absolute Gasteiger partial charge is 0.239 e. The van der Waals surface area contributed by atoms with Crippen LogP contribution in [0.5, 0.6) is 0 Å². The summed E-state index contributed by atoms with van der Waals surface area (Å²) in [5.41, 5.74) is 2.55. The maximum atomic E-state index is 12.3. The molecule has 4 N–H and O–H groups in total. The predicted octanol–water partition coefficient (Wildman–Crippen LogP) is 3.36. The van der Waals surface area contributed by atoms with Crippen molar-refractivity contribution in [3.05, 3.63) is 48.0 Å². The van der Waals surface area contributed by atoms with Crippen molar-refractivity contribution in [3.63, 3.8) is 0 Å². The largest absolute Gasteiger partial charge is 0.355 e. The molecule has 0 saturated heterocycles. The fraction of sp³-hybridized carbons (Fsp3) is 0.263. The Morgan fingerprint density at radius 1 is 1.19 bits per heavy atom. The minimum absolute atomic E-state index is 0.00328. The lowest BCUT2D eigenvalue weighted by Gasteiger charge is -2.08. The summed E-state index contributed by atoms with van der Waals surface area (Å²) >= 11 is 0. The van der Waals surface area contributed by atoms with Crippen molar-refractivity contribution in [2.24, 2.45) is 16.2 Å². The van der Waals surface area contributed by atoms with Gasteiger partial charge in [-0.05, 0) is 30.7 Å². The second kappa shape index (κ2) is 7.77. The van der Waals surface area contributed by atoms with E-state index in [2.05, 4.69) is 22.6 Å². The van der Waals surface area contributed by atoms with Gasteiger partial charge in [-0.15, -0.1) is 5.11 Å². The van der Waals surface area contributed by atoms with Gasteiger partial charge in [0.1, 0.15) is 6.54 Å². The van der Waals surface area contributed by atoms with Crippen molar-refractivity contribution in [2.75, 3.05) is 6.54 Å². The number of carbonyl (C=O) groups excluding carboxylic acids is 1. The van der Waals surface area contributed by atoms with Crippen LogP contribution in [0.4, 0.5) is 0 Å². The molecule has 0 radical (unpaired) electrons. The summed E-state index contributed by atoms with van der Waals surface area (Å²) in [5.74, 6) is 5.05. The molecule has 1 amide bonds. The van der Waals surface area contributed by atoms with Crippen LogP contribution in [0.15, 0.2) is 52.8 Å². The van der Waals surface area contributed by atoms with Gasteiger partial charge in [0.05, 0.1) is 0 Å². The molecule has 0 aliphatic rings. The van der Waals surface area contributed by atoms with Gasteiger partial charge in [-0.2, -0.15) is 0 Å². The number of benzene rings is 2. The first-order valence-electron chi connectivity index (χ1n) is 8.63. The first-order chi connectivity index (χ1) is 12.7. The molecule has 0 atom stereocenters. The summed E-state index contributed by atoms with van der Waals surface area (Å²) in [4.78, 5) is 12.3. The first-order valence-corrected chi connectivity index (χ1v) is 8.63. The molecule has 3 rings (SSSR count). The number of amides is 1. The molecular weight excluding hydrogens is 328 g/mol. The molecule has 0 unspecified atom stereocenters. The Morgan fingerprint density at radius 3 is 2.73 bits per heavy atom. The van der Waals surface area contributed by atoms with Crippen molar-refractivity contribution >= 4 is 33.5 Å². The van der Waals surface area contributed by atoms with E-state index in [9.17, 15) is 4.79 Å². The zero-order chi connectivity index (χ0) is 18.5. The lowest BCUT2D eigenvalue weighted by Crippen LogP contribution is -2.28. The lowest BCUT2D eigenvalue weighted by molar-refractivity contribution is -0.121. The third kappa shape index (κ3) is 3.42. The molecule has 1 heterocycles. The van der Waals surface area contributed by atoms with Gasteiger partial charge in [-0.3, -0.25) is 10.2 Å². The number of unbranched alkanes of at least 4 members (excludes halogenated alkanes) is 1. The van der Waals surface area contributed by atoms with Crippen LogP contribution in [0.1, 0.15) is 25.3 Å². The Kier molecular flexibility index (Phi) is 5.26. The summed E-state index contributed by atoms with van der Waals surface area (Å²) < 4.78 is 2.00. The average Bonchev–Trinajstić information content (AvgIpc) is 2.96. The van der Waals surface area contributed by atoms with Crippen LogP contribution in [-0.2, 0) is 11.3 Å². The Labute approximate surface area is 151 Å². The van der Waals surface area contributed by atoms with Crippen LogP contribution in [-0.4, -0.2) is 22.9 Å². The molecule has 0 bridgehead atoms. The normalized spacial score (nSPS) is 11.4. The van der Waals surface area contributed by atoms with Crippen molar-refractivity contribution in [2.45, 2.75) is 26.3 Å². The number of amidine groups is 1. The molecule has 0 aliphatic carbocycles. The molecular formula is C19H22N6O. The van der Waals surface area contributed by atoms with Gasteiger partial charge in [0.2, 0.25) is 5.91 Å². The van der Waals surface area contributed by atoms with Crippen molar-refractivity contribution in [3.8, 4) is 0 Å². The average molecular weight is 350 g/mol. The van der Waals surface area contributed by atoms with Gasteiger partial charge >= 0.3 is 0 Å². The molecule has 0 fully saturated rings. The second-order valence-electron chi connectivity index (χ2n) is 6.10. The third-order valence-electron chi connectivity index (χ3n) is 4.36. The van der Waals surface area contributed by atoms with E-state index >= 15 is 0 Å². The SMILES string of the molecule is CCCCNC(=O)Cn1c2ccccc2c2cc(C(=N)N=NN)ccc21. The first kappa shape index (κ1) is 17.6. The number of hydrogen-bond donors (Lipinski definition) is 3. The highest BCUT2D eigenvalue weighted by atomic mass is 16.1. The maximum Gasteiger partial charge on any atom is 0.239 e. The van der Waals surface area contributed by atoms with Crippen LogP contribution in [0.3, 0.4) is 0 Å². The number of nitrogens with one attached hydrogen (secondary N) is 2. The van der Waals surface area contributed by atoms with E-state index < -0.39 is 0 Å². The van der Waals surface area contributed by atoms with E-state index in [1.165, 1.54) is 0 Å². The molecule has 134 valence electrons.